The van der Waals surface area contributed by atoms with Gasteiger partial charge < -0.3 is 15.1 Å². The predicted molar refractivity (Wildman–Crippen MR) is 79.4 cm³/mol. The summed E-state index contributed by atoms with van der Waals surface area (Å²) in [5, 5.41) is 0. The first kappa shape index (κ1) is 14.7. The first-order chi connectivity index (χ1) is 10.7. The van der Waals surface area contributed by atoms with Gasteiger partial charge in [0.1, 0.15) is 12.1 Å². The third kappa shape index (κ3) is 3.01. The maximum Gasteiger partial charge on any atom is 0.229 e. The summed E-state index contributed by atoms with van der Waals surface area (Å²) in [6.45, 7) is 1.24. The molecule has 1 fully saturated rings. The highest BCUT2D eigenvalue weighted by Crippen LogP contribution is 2.21. The van der Waals surface area contributed by atoms with Crippen LogP contribution in [0.5, 0.6) is 0 Å². The summed E-state index contributed by atoms with van der Waals surface area (Å²) in [6.07, 6.45) is 3.63. The van der Waals surface area contributed by atoms with Gasteiger partial charge in [-0.2, -0.15) is 0 Å². The van der Waals surface area contributed by atoms with Crippen LogP contribution in [0.3, 0.4) is 0 Å². The minimum absolute atomic E-state index is 0.0203. The van der Waals surface area contributed by atoms with E-state index in [1.165, 1.54) is 18.4 Å². The smallest absolute Gasteiger partial charge is 0.229 e. The molecule has 0 radical (unpaired) electrons. The summed E-state index contributed by atoms with van der Waals surface area (Å²) >= 11 is 0. The second kappa shape index (κ2) is 6.27. The molecule has 116 valence electrons. The second-order valence-electron chi connectivity index (χ2n) is 5.45. The van der Waals surface area contributed by atoms with Gasteiger partial charge in [-0.05, 0) is 37.1 Å². The standard InChI is InChI=1S/C16H18FN3O2/c17-12-5-3-11(4-6-12)16-19-13(10-22-16)8-15(21)20-7-1-2-14(20)9-18/h3-6,10,14H,1-2,7-9,18H2. The Kier molecular flexibility index (Phi) is 4.20. The van der Waals surface area contributed by atoms with E-state index in [-0.39, 0.29) is 24.2 Å². The fourth-order valence-corrected chi connectivity index (χ4v) is 2.78. The SMILES string of the molecule is NCC1CCCN1C(=O)Cc1coc(-c2ccc(F)cc2)n1. The van der Waals surface area contributed by atoms with Gasteiger partial charge in [0.2, 0.25) is 11.8 Å². The van der Waals surface area contributed by atoms with Gasteiger partial charge in [0.15, 0.2) is 0 Å². The molecule has 1 aliphatic rings. The fraction of sp³-hybridized carbons (Fsp3) is 0.375. The van der Waals surface area contributed by atoms with Crippen molar-refractivity contribution < 1.29 is 13.6 Å². The Bertz CT molecular complexity index is 654. The van der Waals surface area contributed by atoms with Crippen molar-refractivity contribution in [2.45, 2.75) is 25.3 Å². The van der Waals surface area contributed by atoms with Crippen LogP contribution in [0, 0.1) is 5.82 Å². The molecule has 5 nitrogen and oxygen atoms in total. The molecule has 0 aliphatic carbocycles. The lowest BCUT2D eigenvalue weighted by molar-refractivity contribution is -0.131. The monoisotopic (exact) mass is 303 g/mol. The van der Waals surface area contributed by atoms with Crippen molar-refractivity contribution in [3.8, 4) is 11.5 Å². The predicted octanol–water partition coefficient (Wildman–Crippen LogP) is 1.97. The Labute approximate surface area is 127 Å². The van der Waals surface area contributed by atoms with E-state index >= 15 is 0 Å². The van der Waals surface area contributed by atoms with Crippen molar-refractivity contribution in [2.24, 2.45) is 5.73 Å². The minimum Gasteiger partial charge on any atom is -0.444 e. The van der Waals surface area contributed by atoms with E-state index in [2.05, 4.69) is 4.98 Å². The van der Waals surface area contributed by atoms with Gasteiger partial charge in [-0.15, -0.1) is 0 Å². The molecule has 1 amide bonds. The molecular weight excluding hydrogens is 285 g/mol. The number of amides is 1. The molecule has 0 saturated carbocycles. The summed E-state index contributed by atoms with van der Waals surface area (Å²) in [7, 11) is 0. The first-order valence-corrected chi connectivity index (χ1v) is 7.37. The van der Waals surface area contributed by atoms with Crippen molar-refractivity contribution in [1.29, 1.82) is 0 Å². The average molecular weight is 303 g/mol. The lowest BCUT2D eigenvalue weighted by atomic mass is 10.2. The molecule has 22 heavy (non-hydrogen) atoms. The molecule has 6 heteroatoms. The quantitative estimate of drug-likeness (QED) is 0.937. The van der Waals surface area contributed by atoms with E-state index in [1.54, 1.807) is 12.1 Å². The molecule has 3 rings (SSSR count). The number of hydrogen-bond acceptors (Lipinski definition) is 4. The lowest BCUT2D eigenvalue weighted by Gasteiger charge is -2.22. The Morgan fingerprint density at radius 1 is 1.41 bits per heavy atom. The molecular formula is C16H18FN3O2. The minimum atomic E-state index is -0.312. The van der Waals surface area contributed by atoms with Crippen LogP contribution in [-0.4, -0.2) is 34.9 Å². The van der Waals surface area contributed by atoms with Crippen LogP contribution in [0.4, 0.5) is 4.39 Å². The molecule has 1 aliphatic heterocycles. The number of carbonyl (C=O) groups excluding carboxylic acids is 1. The number of oxazole rings is 1. The highest BCUT2D eigenvalue weighted by atomic mass is 19.1. The van der Waals surface area contributed by atoms with Crippen LogP contribution in [0.25, 0.3) is 11.5 Å². The topological polar surface area (TPSA) is 72.4 Å². The van der Waals surface area contributed by atoms with Gasteiger partial charge >= 0.3 is 0 Å². The Morgan fingerprint density at radius 3 is 2.91 bits per heavy atom. The summed E-state index contributed by atoms with van der Waals surface area (Å²) in [5.41, 5.74) is 6.95. The number of halogens is 1. The number of nitrogens with zero attached hydrogens (tertiary/aromatic N) is 2. The van der Waals surface area contributed by atoms with Gasteiger partial charge in [0.05, 0.1) is 12.1 Å². The largest absolute Gasteiger partial charge is 0.444 e. The third-order valence-corrected chi connectivity index (χ3v) is 3.94. The number of aromatic nitrogens is 1. The van der Waals surface area contributed by atoms with Crippen LogP contribution < -0.4 is 5.73 Å². The molecule has 0 bridgehead atoms. The van der Waals surface area contributed by atoms with Crippen molar-refractivity contribution in [2.75, 3.05) is 13.1 Å². The van der Waals surface area contributed by atoms with Crippen LogP contribution in [0.15, 0.2) is 34.9 Å². The van der Waals surface area contributed by atoms with E-state index in [0.29, 0.717) is 23.7 Å². The zero-order chi connectivity index (χ0) is 15.5. The van der Waals surface area contributed by atoms with Gasteiger partial charge in [-0.1, -0.05) is 0 Å². The van der Waals surface area contributed by atoms with Gasteiger partial charge in [0, 0.05) is 24.7 Å². The van der Waals surface area contributed by atoms with Crippen LogP contribution in [0.1, 0.15) is 18.5 Å². The third-order valence-electron chi connectivity index (χ3n) is 3.94. The first-order valence-electron chi connectivity index (χ1n) is 7.37. The zero-order valence-corrected chi connectivity index (χ0v) is 12.2. The molecule has 1 aromatic carbocycles. The second-order valence-corrected chi connectivity index (χ2v) is 5.45. The molecule has 2 N–H and O–H groups in total. The molecule has 2 aromatic rings. The number of likely N-dealkylation sites (tertiary alicyclic amines) is 1. The Hall–Kier alpha value is -2.21. The van der Waals surface area contributed by atoms with Crippen LogP contribution in [-0.2, 0) is 11.2 Å². The number of hydrogen-bond donors (Lipinski definition) is 1. The molecule has 2 heterocycles. The van der Waals surface area contributed by atoms with E-state index < -0.39 is 0 Å². The number of nitrogens with two attached hydrogens (primary N) is 1. The van der Waals surface area contributed by atoms with Crippen molar-refractivity contribution in [1.82, 2.24) is 9.88 Å². The van der Waals surface area contributed by atoms with Gasteiger partial charge in [0.25, 0.3) is 0 Å². The van der Waals surface area contributed by atoms with Crippen molar-refractivity contribution >= 4 is 5.91 Å². The van der Waals surface area contributed by atoms with Crippen LogP contribution in [0.2, 0.25) is 0 Å². The van der Waals surface area contributed by atoms with Crippen molar-refractivity contribution in [3.63, 3.8) is 0 Å². The molecule has 1 unspecified atom stereocenters. The molecule has 1 aromatic heterocycles. The molecule has 1 atom stereocenters. The maximum absolute atomic E-state index is 12.9. The van der Waals surface area contributed by atoms with Gasteiger partial charge in [-0.25, -0.2) is 9.37 Å². The van der Waals surface area contributed by atoms with E-state index in [1.807, 2.05) is 4.90 Å². The summed E-state index contributed by atoms with van der Waals surface area (Å²) < 4.78 is 18.3. The number of carbonyl (C=O) groups is 1. The highest BCUT2D eigenvalue weighted by molar-refractivity contribution is 5.79. The van der Waals surface area contributed by atoms with E-state index in [4.69, 9.17) is 10.2 Å². The lowest BCUT2D eigenvalue weighted by Crippen LogP contribution is -2.40. The van der Waals surface area contributed by atoms with Gasteiger partial charge in [-0.3, -0.25) is 4.79 Å². The number of benzene rings is 1. The maximum atomic E-state index is 12.9. The summed E-state index contributed by atoms with van der Waals surface area (Å²) in [6, 6.07) is 6.02. The fourth-order valence-electron chi connectivity index (χ4n) is 2.78. The molecule has 0 spiro atoms. The normalized spacial score (nSPS) is 17.9. The average Bonchev–Trinajstić information content (AvgIpc) is 3.16. The van der Waals surface area contributed by atoms with Crippen molar-refractivity contribution in [3.05, 3.63) is 42.0 Å². The highest BCUT2D eigenvalue weighted by Gasteiger charge is 2.27. The summed E-state index contributed by atoms with van der Waals surface area (Å²) in [4.78, 5) is 18.4. The number of rotatable bonds is 4. The van der Waals surface area contributed by atoms with E-state index in [9.17, 15) is 9.18 Å². The Morgan fingerprint density at radius 2 is 2.18 bits per heavy atom. The Balaban J connectivity index is 1.69. The van der Waals surface area contributed by atoms with E-state index in [0.717, 1.165) is 19.4 Å². The summed E-state index contributed by atoms with van der Waals surface area (Å²) in [5.74, 6) is 0.0964. The van der Waals surface area contributed by atoms with Crippen LogP contribution >= 0.6 is 0 Å². The molecule has 1 saturated heterocycles. The zero-order valence-electron chi connectivity index (χ0n) is 12.2.